The van der Waals surface area contributed by atoms with Crippen LogP contribution in [-0.2, 0) is 0 Å². The summed E-state index contributed by atoms with van der Waals surface area (Å²) in [6, 6.07) is 0.551. The smallest absolute Gasteiger partial charge is 0.455 e. The van der Waals surface area contributed by atoms with Crippen LogP contribution in [0.5, 0.6) is 11.5 Å². The number of benzene rings is 1. The van der Waals surface area contributed by atoms with E-state index >= 15 is 0 Å². The van der Waals surface area contributed by atoms with E-state index in [1.807, 2.05) is 0 Å². The molecule has 0 radical (unpaired) electrons. The number of rotatable bonds is 3. The molecule has 0 amide bonds. The highest BCUT2D eigenvalue weighted by Crippen LogP contribution is 2.47. The van der Waals surface area contributed by atoms with Crippen molar-refractivity contribution in [1.29, 1.82) is 0 Å². The largest absolute Gasteiger partial charge is 0.507 e. The summed E-state index contributed by atoms with van der Waals surface area (Å²) in [6.45, 7) is 0. The fourth-order valence-corrected chi connectivity index (χ4v) is 1.38. The highest BCUT2D eigenvalue weighted by molar-refractivity contribution is 5.47. The maximum absolute atomic E-state index is 13.1. The van der Waals surface area contributed by atoms with E-state index in [0.29, 0.717) is 0 Å². The van der Waals surface area contributed by atoms with Crippen molar-refractivity contribution in [1.82, 2.24) is 0 Å². The Kier molecular flexibility index (Phi) is 3.70. The lowest BCUT2D eigenvalue weighted by Crippen LogP contribution is -2.46. The van der Waals surface area contributed by atoms with Gasteiger partial charge in [-0.1, -0.05) is 6.07 Å². The average molecular weight is 271 g/mol. The van der Waals surface area contributed by atoms with Crippen LogP contribution in [0, 0.1) is 0 Å². The lowest BCUT2D eigenvalue weighted by Gasteiger charge is -2.27. The predicted molar refractivity (Wildman–Crippen MR) is 52.6 cm³/mol. The molecule has 3 nitrogen and oxygen atoms in total. The zero-order valence-electron chi connectivity index (χ0n) is 9.13. The van der Waals surface area contributed by atoms with E-state index in [1.165, 1.54) is 6.07 Å². The summed E-state index contributed by atoms with van der Waals surface area (Å²) in [7, 11) is 1.07. The third-order valence-corrected chi connectivity index (χ3v) is 2.34. The van der Waals surface area contributed by atoms with Crippen molar-refractivity contribution in [3.05, 3.63) is 23.8 Å². The molecule has 1 rings (SSSR count). The Bertz CT molecular complexity index is 433. The summed E-state index contributed by atoms with van der Waals surface area (Å²) >= 11 is 0. The molecule has 0 saturated heterocycles. The van der Waals surface area contributed by atoms with E-state index in [9.17, 15) is 27.1 Å². The van der Waals surface area contributed by atoms with Crippen molar-refractivity contribution < 1.29 is 31.8 Å². The summed E-state index contributed by atoms with van der Waals surface area (Å²) < 4.78 is 67.3. The van der Waals surface area contributed by atoms with Crippen LogP contribution in [0.2, 0.25) is 0 Å². The molecule has 0 aliphatic heterocycles. The number of hydrogen-bond acceptors (Lipinski definition) is 3. The molecule has 1 aromatic rings. The molecule has 102 valence electrons. The minimum Gasteiger partial charge on any atom is -0.507 e. The molecule has 8 heteroatoms. The second-order valence-electron chi connectivity index (χ2n) is 3.49. The lowest BCUT2D eigenvalue weighted by atomic mass is 9.99. The maximum Gasteiger partial charge on any atom is 0.455 e. The Morgan fingerprint density at radius 2 is 1.78 bits per heavy atom. The number of hydrogen-bond donors (Lipinski definition) is 2. The number of halogens is 5. The number of nitrogens with two attached hydrogens (primary N) is 1. The van der Waals surface area contributed by atoms with Gasteiger partial charge < -0.3 is 15.6 Å². The predicted octanol–water partition coefficient (Wildman–Crippen LogP) is 2.60. The number of alkyl halides is 5. The van der Waals surface area contributed by atoms with Gasteiger partial charge in [-0.05, 0) is 12.1 Å². The fraction of sp³-hybridized carbons (Fsp3) is 0.400. The van der Waals surface area contributed by atoms with Gasteiger partial charge in [0.05, 0.1) is 12.7 Å². The molecule has 0 fully saturated rings. The Hall–Kier alpha value is -1.57. The van der Waals surface area contributed by atoms with Gasteiger partial charge >= 0.3 is 12.1 Å². The molecule has 1 aromatic carbocycles. The Labute approximate surface area is 99.0 Å². The summed E-state index contributed by atoms with van der Waals surface area (Å²) in [6.07, 6.45) is -5.82. The van der Waals surface area contributed by atoms with Crippen LogP contribution < -0.4 is 10.5 Å². The van der Waals surface area contributed by atoms with Gasteiger partial charge in [0.15, 0.2) is 0 Å². The van der Waals surface area contributed by atoms with Crippen molar-refractivity contribution in [3.63, 3.8) is 0 Å². The second-order valence-corrected chi connectivity index (χ2v) is 3.49. The molecule has 0 unspecified atom stereocenters. The van der Waals surface area contributed by atoms with Crippen molar-refractivity contribution in [3.8, 4) is 11.5 Å². The van der Waals surface area contributed by atoms with Crippen LogP contribution in [0.3, 0.4) is 0 Å². The molecule has 0 aromatic heterocycles. The lowest BCUT2D eigenvalue weighted by molar-refractivity contribution is -0.291. The number of aromatic hydroxyl groups is 1. The summed E-state index contributed by atoms with van der Waals surface area (Å²) in [5, 5.41) is 9.36. The van der Waals surface area contributed by atoms with Gasteiger partial charge in [0.2, 0.25) is 0 Å². The second kappa shape index (κ2) is 4.60. The molecule has 0 aliphatic rings. The Morgan fingerprint density at radius 1 is 1.22 bits per heavy atom. The number of phenolic OH excluding ortho intramolecular Hbond substituents is 1. The standard InChI is InChI=1S/C10H10F5NO2/c1-18-6-4-2-3-5(17)7(6)8(16)9(11,12)10(13,14)15/h2-4,8,17H,16H2,1H3/t8-/m1/s1. The molecule has 0 bridgehead atoms. The molecular formula is C10H10F5NO2. The van der Waals surface area contributed by atoms with Crippen LogP contribution in [0.4, 0.5) is 22.0 Å². The minimum atomic E-state index is -5.82. The average Bonchev–Trinajstić information content (AvgIpc) is 2.26. The molecule has 0 saturated carbocycles. The Balaban J connectivity index is 3.31. The third kappa shape index (κ3) is 2.33. The first-order valence-electron chi connectivity index (χ1n) is 4.69. The van der Waals surface area contributed by atoms with E-state index in [-0.39, 0.29) is 5.75 Å². The summed E-state index contributed by atoms with van der Waals surface area (Å²) in [5.41, 5.74) is 4.14. The first-order valence-corrected chi connectivity index (χ1v) is 4.69. The number of phenols is 1. The quantitative estimate of drug-likeness (QED) is 0.831. The molecule has 0 spiro atoms. The molecular weight excluding hydrogens is 261 g/mol. The molecule has 1 atom stereocenters. The van der Waals surface area contributed by atoms with Gasteiger partial charge in [0.1, 0.15) is 17.5 Å². The van der Waals surface area contributed by atoms with E-state index in [2.05, 4.69) is 4.74 Å². The molecule has 3 N–H and O–H groups in total. The van der Waals surface area contributed by atoms with Crippen LogP contribution in [0.1, 0.15) is 11.6 Å². The zero-order chi connectivity index (χ0) is 14.1. The molecule has 0 heterocycles. The van der Waals surface area contributed by atoms with Crippen molar-refractivity contribution in [2.75, 3.05) is 7.11 Å². The Morgan fingerprint density at radius 3 is 2.22 bits per heavy atom. The number of ether oxygens (including phenoxy) is 1. The van der Waals surface area contributed by atoms with Gasteiger partial charge in [-0.15, -0.1) is 0 Å². The van der Waals surface area contributed by atoms with Gasteiger partial charge in [0, 0.05) is 0 Å². The van der Waals surface area contributed by atoms with Gasteiger partial charge in [0.25, 0.3) is 0 Å². The molecule has 0 aliphatic carbocycles. The third-order valence-electron chi connectivity index (χ3n) is 2.34. The zero-order valence-corrected chi connectivity index (χ0v) is 9.13. The molecule has 18 heavy (non-hydrogen) atoms. The van der Waals surface area contributed by atoms with E-state index in [4.69, 9.17) is 5.73 Å². The first kappa shape index (κ1) is 14.5. The minimum absolute atomic E-state index is 0.341. The SMILES string of the molecule is COc1cccc(O)c1[C@@H](N)C(F)(F)C(F)(F)F. The van der Waals surface area contributed by atoms with Gasteiger partial charge in [-0.25, -0.2) is 0 Å². The fourth-order valence-electron chi connectivity index (χ4n) is 1.38. The maximum atomic E-state index is 13.1. The van der Waals surface area contributed by atoms with Crippen LogP contribution in [0.25, 0.3) is 0 Å². The van der Waals surface area contributed by atoms with Crippen LogP contribution in [0.15, 0.2) is 18.2 Å². The highest BCUT2D eigenvalue weighted by Gasteiger charge is 2.62. The summed E-state index contributed by atoms with van der Waals surface area (Å²) in [5.74, 6) is -6.31. The van der Waals surface area contributed by atoms with Crippen molar-refractivity contribution in [2.24, 2.45) is 5.73 Å². The highest BCUT2D eigenvalue weighted by atomic mass is 19.4. The monoisotopic (exact) mass is 271 g/mol. The van der Waals surface area contributed by atoms with Crippen LogP contribution in [-0.4, -0.2) is 24.3 Å². The van der Waals surface area contributed by atoms with Gasteiger partial charge in [-0.3, -0.25) is 0 Å². The summed E-state index contributed by atoms with van der Waals surface area (Å²) in [4.78, 5) is 0. The van der Waals surface area contributed by atoms with E-state index < -0.39 is 29.5 Å². The first-order chi connectivity index (χ1) is 8.13. The number of methoxy groups -OCH3 is 1. The van der Waals surface area contributed by atoms with Crippen molar-refractivity contribution in [2.45, 2.75) is 18.1 Å². The van der Waals surface area contributed by atoms with Gasteiger partial charge in [-0.2, -0.15) is 22.0 Å². The topological polar surface area (TPSA) is 55.5 Å². The van der Waals surface area contributed by atoms with E-state index in [0.717, 1.165) is 19.2 Å². The van der Waals surface area contributed by atoms with Crippen LogP contribution >= 0.6 is 0 Å². The van der Waals surface area contributed by atoms with Crippen molar-refractivity contribution >= 4 is 0 Å². The normalized spacial score (nSPS) is 14.4. The van der Waals surface area contributed by atoms with E-state index in [1.54, 1.807) is 0 Å².